The molecule has 0 bridgehead atoms. The average molecular weight is 296 g/mol. The summed E-state index contributed by atoms with van der Waals surface area (Å²) in [4.78, 5) is 0. The first-order valence-corrected chi connectivity index (χ1v) is 6.54. The highest BCUT2D eigenvalue weighted by atomic mass is 19.4. The van der Waals surface area contributed by atoms with Crippen molar-refractivity contribution in [2.75, 3.05) is 0 Å². The lowest BCUT2D eigenvalue weighted by Gasteiger charge is -2.17. The molecule has 5 heteroatoms. The summed E-state index contributed by atoms with van der Waals surface area (Å²) < 4.78 is 44.3. The molecule has 0 aliphatic heterocycles. The van der Waals surface area contributed by atoms with Crippen LogP contribution in [0, 0.1) is 0 Å². The molecule has 0 heterocycles. The van der Waals surface area contributed by atoms with E-state index in [0.717, 1.165) is 6.07 Å². The van der Waals surface area contributed by atoms with E-state index in [2.05, 4.69) is 0 Å². The number of alkyl halides is 3. The number of hydrogen-bond donors (Lipinski definition) is 1. The predicted molar refractivity (Wildman–Crippen MR) is 73.2 cm³/mol. The second kappa shape index (κ2) is 6.18. The summed E-state index contributed by atoms with van der Waals surface area (Å²) >= 11 is 0. The van der Waals surface area contributed by atoms with Gasteiger partial charge in [-0.1, -0.05) is 37.3 Å². The van der Waals surface area contributed by atoms with Crippen molar-refractivity contribution in [3.05, 3.63) is 59.7 Å². The van der Waals surface area contributed by atoms with Gasteiger partial charge in [-0.25, -0.2) is 0 Å². The van der Waals surface area contributed by atoms with Crippen molar-refractivity contribution < 1.29 is 23.0 Å². The number of halogens is 3. The molecule has 0 fully saturated rings. The van der Waals surface area contributed by atoms with Crippen LogP contribution < -0.4 is 4.74 Å². The molecule has 2 nitrogen and oxygen atoms in total. The molecule has 0 spiro atoms. The Kier molecular flexibility index (Phi) is 4.53. The quantitative estimate of drug-likeness (QED) is 0.865. The summed E-state index contributed by atoms with van der Waals surface area (Å²) in [5.74, 6) is -0.0516. The number of aliphatic hydroxyl groups excluding tert-OH is 1. The number of benzene rings is 2. The van der Waals surface area contributed by atoms with Gasteiger partial charge in [-0.05, 0) is 24.6 Å². The van der Waals surface area contributed by atoms with Gasteiger partial charge in [0.15, 0.2) is 0 Å². The second-order valence-electron chi connectivity index (χ2n) is 4.56. The zero-order chi connectivity index (χ0) is 15.5. The maximum absolute atomic E-state index is 12.9. The summed E-state index contributed by atoms with van der Waals surface area (Å²) in [6.07, 6.45) is -4.82. The van der Waals surface area contributed by atoms with Gasteiger partial charge in [0.1, 0.15) is 11.5 Å². The van der Waals surface area contributed by atoms with Crippen molar-refractivity contribution in [2.24, 2.45) is 0 Å². The first-order chi connectivity index (χ1) is 9.93. The van der Waals surface area contributed by atoms with Crippen molar-refractivity contribution in [1.29, 1.82) is 0 Å². The molecule has 2 aromatic carbocycles. The Hall–Kier alpha value is -2.01. The molecule has 0 amide bonds. The summed E-state index contributed by atoms with van der Waals surface area (Å²) in [6, 6.07) is 11.5. The highest BCUT2D eigenvalue weighted by Gasteiger charge is 2.34. The number of aliphatic hydroxyl groups is 1. The van der Waals surface area contributed by atoms with E-state index >= 15 is 0 Å². The van der Waals surface area contributed by atoms with Crippen LogP contribution in [0.15, 0.2) is 48.5 Å². The monoisotopic (exact) mass is 296 g/mol. The van der Waals surface area contributed by atoms with Crippen LogP contribution in [-0.2, 0) is 6.18 Å². The predicted octanol–water partition coefficient (Wildman–Crippen LogP) is 4.94. The van der Waals surface area contributed by atoms with Crippen LogP contribution in [-0.4, -0.2) is 5.11 Å². The van der Waals surface area contributed by atoms with E-state index in [1.165, 1.54) is 18.2 Å². The Balaban J connectivity index is 2.40. The van der Waals surface area contributed by atoms with Gasteiger partial charge in [0.05, 0.1) is 11.7 Å². The van der Waals surface area contributed by atoms with Gasteiger partial charge in [0.2, 0.25) is 0 Å². The second-order valence-corrected chi connectivity index (χ2v) is 4.56. The molecule has 0 aliphatic carbocycles. The summed E-state index contributed by atoms with van der Waals surface area (Å²) in [6.45, 7) is 1.78. The molecule has 112 valence electrons. The van der Waals surface area contributed by atoms with E-state index in [-0.39, 0.29) is 11.5 Å². The zero-order valence-corrected chi connectivity index (χ0v) is 11.4. The zero-order valence-electron chi connectivity index (χ0n) is 11.4. The minimum Gasteiger partial charge on any atom is -0.456 e. The third kappa shape index (κ3) is 3.55. The molecule has 1 atom stereocenters. The standard InChI is InChI=1S/C16H15F3O2/c1-2-13(20)11-7-3-5-9-14(11)21-15-10-6-4-8-12(15)16(17,18)19/h3-10,13,20H,2H2,1H3/t13-/m1/s1. The summed E-state index contributed by atoms with van der Waals surface area (Å²) in [7, 11) is 0. The Labute approximate surface area is 120 Å². The lowest BCUT2D eigenvalue weighted by molar-refractivity contribution is -0.138. The smallest absolute Gasteiger partial charge is 0.419 e. The SMILES string of the molecule is CC[C@@H](O)c1ccccc1Oc1ccccc1C(F)(F)F. The highest BCUT2D eigenvalue weighted by Crippen LogP contribution is 2.39. The Morgan fingerprint density at radius 1 is 1.00 bits per heavy atom. The molecule has 0 unspecified atom stereocenters. The number of rotatable bonds is 4. The molecule has 0 radical (unpaired) electrons. The molecule has 1 N–H and O–H groups in total. The molecule has 2 rings (SSSR count). The lowest BCUT2D eigenvalue weighted by Crippen LogP contribution is -2.07. The topological polar surface area (TPSA) is 29.5 Å². The fourth-order valence-electron chi connectivity index (χ4n) is 1.98. The normalized spacial score (nSPS) is 13.0. The van der Waals surface area contributed by atoms with Gasteiger partial charge in [-0.3, -0.25) is 0 Å². The number of para-hydroxylation sites is 2. The van der Waals surface area contributed by atoms with Gasteiger partial charge < -0.3 is 9.84 Å². The minimum absolute atomic E-state index is 0.226. The van der Waals surface area contributed by atoms with Crippen molar-refractivity contribution in [3.63, 3.8) is 0 Å². The van der Waals surface area contributed by atoms with Crippen LogP contribution in [0.4, 0.5) is 13.2 Å². The first kappa shape index (κ1) is 15.4. The molecule has 0 aliphatic rings. The average Bonchev–Trinajstić information content (AvgIpc) is 2.46. The molecule has 2 aromatic rings. The summed E-state index contributed by atoms with van der Waals surface area (Å²) in [5.41, 5.74) is -0.372. The van der Waals surface area contributed by atoms with Gasteiger partial charge in [-0.2, -0.15) is 13.2 Å². The molecule has 0 saturated heterocycles. The first-order valence-electron chi connectivity index (χ1n) is 6.54. The van der Waals surface area contributed by atoms with Crippen molar-refractivity contribution in [3.8, 4) is 11.5 Å². The Morgan fingerprint density at radius 2 is 1.57 bits per heavy atom. The summed E-state index contributed by atoms with van der Waals surface area (Å²) in [5, 5.41) is 9.92. The minimum atomic E-state index is -4.49. The van der Waals surface area contributed by atoms with E-state index in [4.69, 9.17) is 4.74 Å². The molecule has 0 saturated carbocycles. The van der Waals surface area contributed by atoms with Gasteiger partial charge in [0, 0.05) is 5.56 Å². The van der Waals surface area contributed by atoms with E-state index in [0.29, 0.717) is 12.0 Å². The van der Waals surface area contributed by atoms with Crippen LogP contribution in [0.25, 0.3) is 0 Å². The van der Waals surface area contributed by atoms with Crippen molar-refractivity contribution in [1.82, 2.24) is 0 Å². The Bertz CT molecular complexity index is 608. The van der Waals surface area contributed by atoms with Crippen LogP contribution in [0.1, 0.15) is 30.6 Å². The Morgan fingerprint density at radius 3 is 2.19 bits per heavy atom. The van der Waals surface area contributed by atoms with Crippen LogP contribution >= 0.6 is 0 Å². The fraction of sp³-hybridized carbons (Fsp3) is 0.250. The van der Waals surface area contributed by atoms with Crippen LogP contribution in [0.3, 0.4) is 0 Å². The third-order valence-corrected chi connectivity index (χ3v) is 3.08. The van der Waals surface area contributed by atoms with Gasteiger partial charge in [0.25, 0.3) is 0 Å². The molecular formula is C16H15F3O2. The molecule has 0 aromatic heterocycles. The van der Waals surface area contributed by atoms with Crippen LogP contribution in [0.2, 0.25) is 0 Å². The molecular weight excluding hydrogens is 281 g/mol. The van der Waals surface area contributed by atoms with Crippen LogP contribution in [0.5, 0.6) is 11.5 Å². The van der Waals surface area contributed by atoms with Crippen molar-refractivity contribution in [2.45, 2.75) is 25.6 Å². The van der Waals surface area contributed by atoms with E-state index in [1.807, 2.05) is 0 Å². The fourth-order valence-corrected chi connectivity index (χ4v) is 1.98. The van der Waals surface area contributed by atoms with Gasteiger partial charge in [-0.15, -0.1) is 0 Å². The van der Waals surface area contributed by atoms with E-state index in [1.54, 1.807) is 31.2 Å². The van der Waals surface area contributed by atoms with Gasteiger partial charge >= 0.3 is 6.18 Å². The molecule has 21 heavy (non-hydrogen) atoms. The van der Waals surface area contributed by atoms with Crippen molar-refractivity contribution >= 4 is 0 Å². The highest BCUT2D eigenvalue weighted by molar-refractivity contribution is 5.43. The maximum atomic E-state index is 12.9. The van der Waals surface area contributed by atoms with E-state index < -0.39 is 17.8 Å². The maximum Gasteiger partial charge on any atom is 0.419 e. The largest absolute Gasteiger partial charge is 0.456 e. The number of hydrogen-bond acceptors (Lipinski definition) is 2. The lowest BCUT2D eigenvalue weighted by atomic mass is 10.1. The third-order valence-electron chi connectivity index (χ3n) is 3.08. The van der Waals surface area contributed by atoms with E-state index in [9.17, 15) is 18.3 Å². The number of ether oxygens (including phenoxy) is 1.